The minimum Gasteiger partial charge on any atom is -0.339 e. The average Bonchev–Trinajstić information content (AvgIpc) is 3.52. The number of carbonyl (C=O) groups excluding carboxylic acids is 1. The van der Waals surface area contributed by atoms with Gasteiger partial charge in [-0.3, -0.25) is 19.7 Å². The van der Waals surface area contributed by atoms with Crippen LogP contribution in [0.5, 0.6) is 0 Å². The SMILES string of the molecule is CC(C)CC(=O)Nc1cncc(-c2ccc3c(c2)C(c2nc4c(-c5cccnc5)cncc4[nH]2)NN3)c1. The largest absolute Gasteiger partial charge is 0.339 e. The van der Waals surface area contributed by atoms with Crippen LogP contribution in [0.15, 0.2) is 73.6 Å². The van der Waals surface area contributed by atoms with Crippen molar-refractivity contribution in [1.82, 2.24) is 30.3 Å². The van der Waals surface area contributed by atoms with Crippen molar-refractivity contribution in [3.8, 4) is 22.3 Å². The summed E-state index contributed by atoms with van der Waals surface area (Å²) in [6.45, 7) is 4.05. The number of fused-ring (bicyclic) bond motifs is 2. The fourth-order valence-electron chi connectivity index (χ4n) is 4.61. The highest BCUT2D eigenvalue weighted by atomic mass is 16.1. The van der Waals surface area contributed by atoms with Gasteiger partial charge >= 0.3 is 0 Å². The second-order valence-electron chi connectivity index (χ2n) is 9.56. The fraction of sp³-hybridized carbons (Fsp3) is 0.179. The van der Waals surface area contributed by atoms with Crippen LogP contribution in [-0.2, 0) is 4.79 Å². The summed E-state index contributed by atoms with van der Waals surface area (Å²) in [4.78, 5) is 33.6. The van der Waals surface area contributed by atoms with E-state index >= 15 is 0 Å². The second kappa shape index (κ2) is 9.44. The first-order chi connectivity index (χ1) is 18.0. The number of rotatable bonds is 6. The number of amides is 1. The number of H-pyrrole nitrogens is 1. The standard InChI is InChI=1S/C28H26N8O/c1-16(2)8-25(37)32-20-9-19(12-30-13-20)17-5-6-23-21(10-17)27(36-35-23)28-33-24-15-31-14-22(26(24)34-28)18-4-3-7-29-11-18/h3-7,9-16,27,35-36H,8H2,1-2H3,(H,32,37)(H,33,34). The molecule has 1 aliphatic rings. The van der Waals surface area contributed by atoms with Crippen LogP contribution in [-0.4, -0.2) is 30.8 Å². The fourth-order valence-corrected chi connectivity index (χ4v) is 4.61. The molecule has 0 spiro atoms. The van der Waals surface area contributed by atoms with E-state index in [4.69, 9.17) is 4.98 Å². The number of nitrogens with one attached hydrogen (secondary N) is 4. The molecule has 5 aromatic rings. The Balaban J connectivity index is 1.32. The van der Waals surface area contributed by atoms with Gasteiger partial charge in [0.2, 0.25) is 5.91 Å². The van der Waals surface area contributed by atoms with E-state index in [0.717, 1.165) is 50.4 Å². The minimum absolute atomic E-state index is 0.0126. The highest BCUT2D eigenvalue weighted by Crippen LogP contribution is 2.37. The van der Waals surface area contributed by atoms with Crippen molar-refractivity contribution in [3.05, 3.63) is 85.0 Å². The maximum absolute atomic E-state index is 12.2. The lowest BCUT2D eigenvalue weighted by Gasteiger charge is -2.11. The number of benzene rings is 1. The topological polar surface area (TPSA) is 121 Å². The van der Waals surface area contributed by atoms with Crippen LogP contribution in [0.1, 0.15) is 37.7 Å². The Morgan fingerprint density at radius 1 is 0.973 bits per heavy atom. The quantitative estimate of drug-likeness (QED) is 0.262. The Morgan fingerprint density at radius 2 is 1.84 bits per heavy atom. The van der Waals surface area contributed by atoms with Gasteiger partial charge in [-0.1, -0.05) is 26.0 Å². The van der Waals surface area contributed by atoms with Gasteiger partial charge in [0.1, 0.15) is 11.9 Å². The van der Waals surface area contributed by atoms with Gasteiger partial charge in [-0.25, -0.2) is 10.4 Å². The molecule has 4 aromatic heterocycles. The number of aromatic nitrogens is 5. The van der Waals surface area contributed by atoms with Crippen molar-refractivity contribution in [2.24, 2.45) is 5.92 Å². The molecule has 9 heteroatoms. The Kier molecular flexibility index (Phi) is 5.82. The van der Waals surface area contributed by atoms with Gasteiger partial charge in [0, 0.05) is 53.5 Å². The molecule has 1 atom stereocenters. The predicted molar refractivity (Wildman–Crippen MR) is 143 cm³/mol. The molecule has 4 N–H and O–H groups in total. The summed E-state index contributed by atoms with van der Waals surface area (Å²) >= 11 is 0. The van der Waals surface area contributed by atoms with E-state index < -0.39 is 0 Å². The minimum atomic E-state index is -0.189. The van der Waals surface area contributed by atoms with Crippen LogP contribution in [0.4, 0.5) is 11.4 Å². The van der Waals surface area contributed by atoms with Crippen molar-refractivity contribution in [2.75, 3.05) is 10.7 Å². The highest BCUT2D eigenvalue weighted by Gasteiger charge is 2.27. The second-order valence-corrected chi connectivity index (χ2v) is 9.56. The lowest BCUT2D eigenvalue weighted by atomic mass is 9.99. The van der Waals surface area contributed by atoms with Crippen molar-refractivity contribution in [1.29, 1.82) is 0 Å². The molecule has 1 aromatic carbocycles. The van der Waals surface area contributed by atoms with Gasteiger partial charge in [0.05, 0.1) is 34.8 Å². The van der Waals surface area contributed by atoms with Crippen LogP contribution in [0.2, 0.25) is 0 Å². The molecule has 0 aliphatic carbocycles. The van der Waals surface area contributed by atoms with Gasteiger partial charge in [-0.15, -0.1) is 0 Å². The molecule has 0 bridgehead atoms. The summed E-state index contributed by atoms with van der Waals surface area (Å²) < 4.78 is 0. The average molecular weight is 491 g/mol. The zero-order chi connectivity index (χ0) is 25.4. The third-order valence-corrected chi connectivity index (χ3v) is 6.32. The molecule has 0 fully saturated rings. The van der Waals surface area contributed by atoms with Gasteiger partial charge < -0.3 is 15.7 Å². The van der Waals surface area contributed by atoms with Crippen molar-refractivity contribution >= 4 is 28.3 Å². The zero-order valence-corrected chi connectivity index (χ0v) is 20.5. The maximum Gasteiger partial charge on any atom is 0.224 e. The lowest BCUT2D eigenvalue weighted by molar-refractivity contribution is -0.116. The third kappa shape index (κ3) is 4.52. The number of hydrogen-bond acceptors (Lipinski definition) is 7. The molecule has 6 rings (SSSR count). The van der Waals surface area contributed by atoms with E-state index in [1.165, 1.54) is 0 Å². The molecule has 0 saturated carbocycles. The van der Waals surface area contributed by atoms with Crippen molar-refractivity contribution < 1.29 is 4.79 Å². The molecule has 5 heterocycles. The summed E-state index contributed by atoms with van der Waals surface area (Å²) in [5, 5.41) is 2.95. The molecule has 1 aliphatic heterocycles. The number of anilines is 2. The van der Waals surface area contributed by atoms with Crippen molar-refractivity contribution in [2.45, 2.75) is 26.3 Å². The van der Waals surface area contributed by atoms with Gasteiger partial charge in [0.15, 0.2) is 0 Å². The number of carbonyl (C=O) groups is 1. The number of hydrogen-bond donors (Lipinski definition) is 4. The van der Waals surface area contributed by atoms with E-state index in [2.05, 4.69) is 42.2 Å². The number of hydrazine groups is 1. The number of imidazole rings is 1. The van der Waals surface area contributed by atoms with Crippen LogP contribution in [0.3, 0.4) is 0 Å². The molecular weight excluding hydrogens is 464 g/mol. The molecule has 37 heavy (non-hydrogen) atoms. The normalized spacial score (nSPS) is 14.5. The highest BCUT2D eigenvalue weighted by molar-refractivity contribution is 5.92. The first-order valence-electron chi connectivity index (χ1n) is 12.2. The molecule has 0 saturated heterocycles. The summed E-state index contributed by atoms with van der Waals surface area (Å²) in [5.74, 6) is 1.06. The van der Waals surface area contributed by atoms with Gasteiger partial charge in [-0.05, 0) is 35.7 Å². The van der Waals surface area contributed by atoms with Crippen LogP contribution in [0.25, 0.3) is 33.3 Å². The molecule has 1 amide bonds. The lowest BCUT2D eigenvalue weighted by Crippen LogP contribution is -2.20. The Bertz CT molecular complexity index is 1590. The molecular formula is C28H26N8O. The summed E-state index contributed by atoms with van der Waals surface area (Å²) in [7, 11) is 0. The first-order valence-corrected chi connectivity index (χ1v) is 12.2. The Morgan fingerprint density at radius 3 is 2.68 bits per heavy atom. The van der Waals surface area contributed by atoms with E-state index in [1.54, 1.807) is 24.8 Å². The Labute approximate surface area is 213 Å². The van der Waals surface area contributed by atoms with Gasteiger partial charge in [0.25, 0.3) is 0 Å². The Hall–Kier alpha value is -4.63. The summed E-state index contributed by atoms with van der Waals surface area (Å²) in [6, 6.07) is 11.9. The first kappa shape index (κ1) is 22.8. The van der Waals surface area contributed by atoms with E-state index in [1.807, 2.05) is 56.6 Å². The van der Waals surface area contributed by atoms with Crippen molar-refractivity contribution in [3.63, 3.8) is 0 Å². The van der Waals surface area contributed by atoms with Crippen LogP contribution < -0.4 is 16.2 Å². The zero-order valence-electron chi connectivity index (χ0n) is 20.5. The van der Waals surface area contributed by atoms with E-state index in [9.17, 15) is 4.79 Å². The molecule has 1 unspecified atom stereocenters. The number of pyridine rings is 3. The predicted octanol–water partition coefficient (Wildman–Crippen LogP) is 5.09. The third-order valence-electron chi connectivity index (χ3n) is 6.32. The van der Waals surface area contributed by atoms with Crippen LogP contribution >= 0.6 is 0 Å². The van der Waals surface area contributed by atoms with Crippen LogP contribution in [0, 0.1) is 5.92 Å². The van der Waals surface area contributed by atoms with Gasteiger partial charge in [-0.2, -0.15) is 0 Å². The maximum atomic E-state index is 12.2. The monoisotopic (exact) mass is 490 g/mol. The summed E-state index contributed by atoms with van der Waals surface area (Å²) in [6.07, 6.45) is 11.1. The van der Waals surface area contributed by atoms with E-state index in [0.29, 0.717) is 18.0 Å². The number of aromatic amines is 1. The molecule has 184 valence electrons. The molecule has 0 radical (unpaired) electrons. The molecule has 9 nitrogen and oxygen atoms in total. The number of nitrogens with zero attached hydrogens (tertiary/aromatic N) is 4. The van der Waals surface area contributed by atoms with E-state index in [-0.39, 0.29) is 11.9 Å². The summed E-state index contributed by atoms with van der Waals surface area (Å²) in [5.41, 5.74) is 14.8. The smallest absolute Gasteiger partial charge is 0.224 e.